The van der Waals surface area contributed by atoms with Crippen molar-refractivity contribution < 1.29 is 18.0 Å². The van der Waals surface area contributed by atoms with E-state index in [1.54, 1.807) is 35.2 Å². The molecule has 4 aromatic rings. The molecule has 0 bridgehead atoms. The van der Waals surface area contributed by atoms with E-state index in [0.29, 0.717) is 29.9 Å². The van der Waals surface area contributed by atoms with E-state index in [-0.39, 0.29) is 23.6 Å². The summed E-state index contributed by atoms with van der Waals surface area (Å²) in [5.74, 6) is -1.58. The zero-order valence-corrected chi connectivity index (χ0v) is 24.3. The van der Waals surface area contributed by atoms with Crippen LogP contribution in [0, 0.1) is 11.3 Å². The summed E-state index contributed by atoms with van der Waals surface area (Å²) in [6.45, 7) is 1.90. The Morgan fingerprint density at radius 3 is 2.40 bits per heavy atom. The molecule has 0 aliphatic rings. The summed E-state index contributed by atoms with van der Waals surface area (Å²) in [6.07, 6.45) is -1.07. The number of nitrogens with one attached hydrogen (secondary N) is 1. The first kappa shape index (κ1) is 31.4. The lowest BCUT2D eigenvalue weighted by atomic mass is 9.99. The normalized spacial score (nSPS) is 12.7. The Hall–Kier alpha value is -4.53. The Morgan fingerprint density at radius 2 is 1.77 bits per heavy atom. The van der Waals surface area contributed by atoms with Gasteiger partial charge in [0.05, 0.1) is 34.2 Å². The number of thiocarbonyl (C=S) groups is 1. The molecule has 0 radical (unpaired) electrons. The van der Waals surface area contributed by atoms with Gasteiger partial charge in [0.15, 0.2) is 0 Å². The van der Waals surface area contributed by atoms with Crippen LogP contribution in [0.15, 0.2) is 91.4 Å². The number of amides is 1. The lowest BCUT2D eigenvalue weighted by Gasteiger charge is -2.34. The largest absolute Gasteiger partial charge is 0.416 e. The van der Waals surface area contributed by atoms with Crippen molar-refractivity contribution in [3.63, 3.8) is 0 Å². The van der Waals surface area contributed by atoms with Crippen molar-refractivity contribution in [3.8, 4) is 6.07 Å². The SMILES string of the molecule is CC[C@@H](CN)N(Cc1ccccc1C(F)(F)F)C(=O)C(C(=S)Nc1ccccc1)c1cncn1Cc1ccc(C#N)cc1. The minimum atomic E-state index is -4.60. The number of carbonyl (C=O) groups excluding carboxylic acids is 1. The Bertz CT molecular complexity index is 1580. The van der Waals surface area contributed by atoms with Crippen molar-refractivity contribution in [3.05, 3.63) is 119 Å². The van der Waals surface area contributed by atoms with Gasteiger partial charge in [-0.25, -0.2) is 4.98 Å². The maximum Gasteiger partial charge on any atom is 0.416 e. The molecule has 0 fully saturated rings. The first-order valence-corrected chi connectivity index (χ1v) is 14.1. The van der Waals surface area contributed by atoms with Crippen LogP contribution >= 0.6 is 12.2 Å². The highest BCUT2D eigenvalue weighted by molar-refractivity contribution is 7.80. The molecule has 0 aliphatic heterocycles. The molecule has 3 aromatic carbocycles. The molecule has 0 saturated heterocycles. The van der Waals surface area contributed by atoms with Gasteiger partial charge in [-0.05, 0) is 47.9 Å². The summed E-state index contributed by atoms with van der Waals surface area (Å²) in [5.41, 5.74) is 7.70. The van der Waals surface area contributed by atoms with Crippen LogP contribution in [-0.2, 0) is 24.1 Å². The average Bonchev–Trinajstić information content (AvgIpc) is 3.45. The van der Waals surface area contributed by atoms with Gasteiger partial charge in [-0.2, -0.15) is 18.4 Å². The molecule has 1 amide bonds. The molecule has 3 N–H and O–H groups in total. The monoisotopic (exact) mass is 604 g/mol. The number of nitrogens with two attached hydrogens (primary N) is 1. The smallest absolute Gasteiger partial charge is 0.349 e. The van der Waals surface area contributed by atoms with E-state index in [2.05, 4.69) is 16.4 Å². The number of hydrogen-bond donors (Lipinski definition) is 2. The van der Waals surface area contributed by atoms with Crippen molar-refractivity contribution >= 4 is 28.8 Å². The first-order valence-electron chi connectivity index (χ1n) is 13.7. The van der Waals surface area contributed by atoms with Crippen LogP contribution in [0.1, 0.15) is 47.2 Å². The third kappa shape index (κ3) is 7.66. The van der Waals surface area contributed by atoms with E-state index in [4.69, 9.17) is 23.2 Å². The molecule has 222 valence electrons. The molecule has 2 atom stereocenters. The minimum absolute atomic E-state index is 0.0398. The van der Waals surface area contributed by atoms with Gasteiger partial charge in [-0.1, -0.05) is 67.7 Å². The van der Waals surface area contributed by atoms with Crippen molar-refractivity contribution in [2.75, 3.05) is 11.9 Å². The van der Waals surface area contributed by atoms with Gasteiger partial charge in [0, 0.05) is 37.6 Å². The van der Waals surface area contributed by atoms with E-state index in [1.807, 2.05) is 37.3 Å². The highest BCUT2D eigenvalue weighted by Crippen LogP contribution is 2.34. The van der Waals surface area contributed by atoms with Gasteiger partial charge in [0.2, 0.25) is 5.91 Å². The average molecular weight is 605 g/mol. The van der Waals surface area contributed by atoms with Gasteiger partial charge >= 0.3 is 6.18 Å². The molecule has 11 heteroatoms. The molecule has 0 saturated carbocycles. The van der Waals surface area contributed by atoms with E-state index >= 15 is 0 Å². The second kappa shape index (κ2) is 14.1. The fourth-order valence-corrected chi connectivity index (χ4v) is 5.22. The van der Waals surface area contributed by atoms with Gasteiger partial charge in [-0.3, -0.25) is 4.79 Å². The summed E-state index contributed by atoms with van der Waals surface area (Å²) in [7, 11) is 0. The molecule has 7 nitrogen and oxygen atoms in total. The Kier molecular flexibility index (Phi) is 10.3. The number of nitriles is 1. The predicted molar refractivity (Wildman–Crippen MR) is 163 cm³/mol. The quantitative estimate of drug-likeness (QED) is 0.201. The van der Waals surface area contributed by atoms with Crippen molar-refractivity contribution in [2.45, 2.75) is 44.6 Å². The second-order valence-corrected chi connectivity index (χ2v) is 10.4. The molecule has 0 aliphatic carbocycles. The van der Waals surface area contributed by atoms with Crippen LogP contribution in [0.2, 0.25) is 0 Å². The van der Waals surface area contributed by atoms with Crippen LogP contribution in [0.25, 0.3) is 0 Å². The van der Waals surface area contributed by atoms with Crippen molar-refractivity contribution in [2.24, 2.45) is 5.73 Å². The first-order chi connectivity index (χ1) is 20.7. The predicted octanol–water partition coefficient (Wildman–Crippen LogP) is 6.11. The Balaban J connectivity index is 1.78. The Labute approximate surface area is 253 Å². The number of carbonyl (C=O) groups is 1. The fourth-order valence-electron chi connectivity index (χ4n) is 4.88. The third-order valence-electron chi connectivity index (χ3n) is 7.16. The van der Waals surface area contributed by atoms with Gasteiger partial charge < -0.3 is 20.5 Å². The topological polar surface area (TPSA) is 100.0 Å². The number of hydrogen-bond acceptors (Lipinski definition) is 5. The molecule has 1 unspecified atom stereocenters. The highest BCUT2D eigenvalue weighted by Gasteiger charge is 2.38. The summed E-state index contributed by atoms with van der Waals surface area (Å²) < 4.78 is 43.6. The number of anilines is 1. The molecule has 0 spiro atoms. The van der Waals surface area contributed by atoms with Gasteiger partial charge in [-0.15, -0.1) is 0 Å². The molecule has 1 heterocycles. The van der Waals surface area contributed by atoms with E-state index < -0.39 is 29.6 Å². The molecule has 1 aromatic heterocycles. The number of alkyl halides is 3. The van der Waals surface area contributed by atoms with E-state index in [1.165, 1.54) is 29.3 Å². The second-order valence-electron chi connectivity index (χ2n) is 9.96. The van der Waals surface area contributed by atoms with E-state index in [0.717, 1.165) is 11.6 Å². The minimum Gasteiger partial charge on any atom is -0.349 e. The van der Waals surface area contributed by atoms with E-state index in [9.17, 15) is 18.0 Å². The number of halogens is 3. The lowest BCUT2D eigenvalue weighted by molar-refractivity contribution is -0.140. The van der Waals surface area contributed by atoms with Gasteiger partial charge in [0.25, 0.3) is 0 Å². The summed E-state index contributed by atoms with van der Waals surface area (Å²) in [5, 5.41) is 12.3. The van der Waals surface area contributed by atoms with Crippen LogP contribution in [0.4, 0.5) is 18.9 Å². The summed E-state index contributed by atoms with van der Waals surface area (Å²) in [6, 6.07) is 22.8. The van der Waals surface area contributed by atoms with Crippen molar-refractivity contribution in [1.29, 1.82) is 5.26 Å². The lowest BCUT2D eigenvalue weighted by Crippen LogP contribution is -2.48. The van der Waals surface area contributed by atoms with Crippen LogP contribution in [0.5, 0.6) is 0 Å². The van der Waals surface area contributed by atoms with Crippen molar-refractivity contribution in [1.82, 2.24) is 14.5 Å². The van der Waals surface area contributed by atoms with Crippen LogP contribution in [0.3, 0.4) is 0 Å². The number of rotatable bonds is 11. The fraction of sp³-hybridized carbons (Fsp3) is 0.250. The summed E-state index contributed by atoms with van der Waals surface area (Å²) in [4.78, 5) is 20.4. The Morgan fingerprint density at radius 1 is 1.09 bits per heavy atom. The van der Waals surface area contributed by atoms with Gasteiger partial charge in [0.1, 0.15) is 5.92 Å². The third-order valence-corrected chi connectivity index (χ3v) is 7.50. The molecule has 4 rings (SSSR count). The van der Waals surface area contributed by atoms with Crippen LogP contribution < -0.4 is 11.1 Å². The maximum atomic E-state index is 14.6. The maximum absolute atomic E-state index is 14.6. The standard InChI is InChI=1S/C32H31F3N6OS/c1-2-26(17-37)41(20-24-8-6-7-11-27(24)32(33,34)35)31(42)29(30(43)39-25-9-4-3-5-10-25)28-18-38-21-40(28)19-23-14-12-22(16-36)13-15-23/h3-15,18,21,26,29H,2,17,19-20,37H2,1H3,(H,39,43)/t26-,29?/m0/s1. The molecular formula is C32H31F3N6OS. The highest BCUT2D eigenvalue weighted by atomic mass is 32.1. The molecular weight excluding hydrogens is 573 g/mol. The number of para-hydroxylation sites is 1. The molecule has 43 heavy (non-hydrogen) atoms. The van der Waals surface area contributed by atoms with Crippen LogP contribution in [-0.4, -0.2) is 37.9 Å². The number of benzene rings is 3. The number of aromatic nitrogens is 2. The number of imidazole rings is 1. The number of nitrogens with zero attached hydrogens (tertiary/aromatic N) is 4. The zero-order chi connectivity index (χ0) is 31.0. The zero-order valence-electron chi connectivity index (χ0n) is 23.5. The summed E-state index contributed by atoms with van der Waals surface area (Å²) >= 11 is 5.82.